The minimum Gasteiger partial charge on any atom is -0.462 e. The van der Waals surface area contributed by atoms with Crippen molar-refractivity contribution in [2.75, 3.05) is 13.2 Å². The first-order valence-corrected chi connectivity index (χ1v) is 6.16. The van der Waals surface area contributed by atoms with Gasteiger partial charge in [-0.25, -0.2) is 4.79 Å². The van der Waals surface area contributed by atoms with Gasteiger partial charge >= 0.3 is 5.97 Å². The summed E-state index contributed by atoms with van der Waals surface area (Å²) in [6.45, 7) is 2.10. The van der Waals surface area contributed by atoms with Gasteiger partial charge in [-0.3, -0.25) is 0 Å². The van der Waals surface area contributed by atoms with Crippen molar-refractivity contribution in [3.8, 4) is 0 Å². The van der Waals surface area contributed by atoms with E-state index in [9.17, 15) is 9.90 Å². The van der Waals surface area contributed by atoms with E-state index in [1.54, 1.807) is 24.3 Å². The molecule has 1 rings (SSSR count). The number of esters is 1. The Labute approximate surface area is 107 Å². The lowest BCUT2D eigenvalue weighted by Crippen LogP contribution is -2.21. The van der Waals surface area contributed by atoms with Gasteiger partial charge < -0.3 is 14.9 Å². The fourth-order valence-corrected chi connectivity index (χ4v) is 1.61. The largest absolute Gasteiger partial charge is 0.462 e. The zero-order valence-corrected chi connectivity index (χ0v) is 10.6. The molecule has 2 atom stereocenters. The highest BCUT2D eigenvalue weighted by molar-refractivity contribution is 5.89. The summed E-state index contributed by atoms with van der Waals surface area (Å²) >= 11 is 0. The number of carbonyl (C=O) groups is 1. The average molecular weight is 252 g/mol. The van der Waals surface area contributed by atoms with Crippen LogP contribution in [0.3, 0.4) is 0 Å². The molecule has 2 N–H and O–H groups in total. The van der Waals surface area contributed by atoms with Gasteiger partial charge in [0.1, 0.15) is 0 Å². The second-order valence-electron chi connectivity index (χ2n) is 4.35. The van der Waals surface area contributed by atoms with Gasteiger partial charge in [0, 0.05) is 13.0 Å². The maximum Gasteiger partial charge on any atom is 0.338 e. The quantitative estimate of drug-likeness (QED) is 0.724. The van der Waals surface area contributed by atoms with Crippen LogP contribution in [0.5, 0.6) is 0 Å². The lowest BCUT2D eigenvalue weighted by atomic mass is 9.99. The van der Waals surface area contributed by atoms with Crippen LogP contribution >= 0.6 is 0 Å². The first kappa shape index (κ1) is 14.7. The van der Waals surface area contributed by atoms with Gasteiger partial charge in [0.25, 0.3) is 0 Å². The molecule has 0 unspecified atom stereocenters. The summed E-state index contributed by atoms with van der Waals surface area (Å²) < 4.78 is 5.07. The molecular formula is C14H20O4. The molecule has 0 saturated heterocycles. The minimum absolute atomic E-state index is 0.00503. The van der Waals surface area contributed by atoms with Gasteiger partial charge in [-0.05, 0) is 24.5 Å². The van der Waals surface area contributed by atoms with E-state index in [4.69, 9.17) is 9.84 Å². The fraction of sp³-hybridized carbons (Fsp3) is 0.500. The molecule has 0 spiro atoms. The second-order valence-corrected chi connectivity index (χ2v) is 4.35. The number of aliphatic hydroxyl groups is 2. The van der Waals surface area contributed by atoms with Crippen LogP contribution in [-0.4, -0.2) is 35.5 Å². The number of benzene rings is 1. The van der Waals surface area contributed by atoms with E-state index >= 15 is 0 Å². The summed E-state index contributed by atoms with van der Waals surface area (Å²) in [6.07, 6.45) is 0.383. The van der Waals surface area contributed by atoms with Crippen LogP contribution in [0, 0.1) is 5.92 Å². The molecule has 1 aromatic carbocycles. The molecule has 4 nitrogen and oxygen atoms in total. The Morgan fingerprint density at radius 3 is 2.56 bits per heavy atom. The van der Waals surface area contributed by atoms with E-state index in [0.717, 1.165) is 0 Å². The van der Waals surface area contributed by atoms with Gasteiger partial charge in [0.2, 0.25) is 0 Å². The predicted molar refractivity (Wildman–Crippen MR) is 68.2 cm³/mol. The van der Waals surface area contributed by atoms with Crippen LogP contribution in [0.15, 0.2) is 30.3 Å². The third kappa shape index (κ3) is 4.85. The highest BCUT2D eigenvalue weighted by atomic mass is 16.5. The van der Waals surface area contributed by atoms with Crippen molar-refractivity contribution in [2.24, 2.45) is 5.92 Å². The molecule has 0 heterocycles. The average Bonchev–Trinajstić information content (AvgIpc) is 2.39. The summed E-state index contributed by atoms with van der Waals surface area (Å²) in [5, 5.41) is 18.5. The fourth-order valence-electron chi connectivity index (χ4n) is 1.61. The van der Waals surface area contributed by atoms with Crippen molar-refractivity contribution in [3.05, 3.63) is 35.9 Å². The number of hydrogen-bond acceptors (Lipinski definition) is 4. The van der Waals surface area contributed by atoms with Crippen LogP contribution in [0.1, 0.15) is 30.1 Å². The molecule has 0 fully saturated rings. The predicted octanol–water partition coefficient (Wildman–Crippen LogP) is 1.61. The monoisotopic (exact) mass is 252 g/mol. The molecule has 0 aliphatic carbocycles. The second kappa shape index (κ2) is 7.84. The highest BCUT2D eigenvalue weighted by Gasteiger charge is 2.14. The van der Waals surface area contributed by atoms with E-state index in [1.807, 2.05) is 13.0 Å². The van der Waals surface area contributed by atoms with Gasteiger partial charge in [0.15, 0.2) is 0 Å². The molecule has 0 radical (unpaired) electrons. The SMILES string of the molecule is C[C@H](CCO)[C@H](O)CCOC(=O)c1ccccc1. The molecule has 4 heteroatoms. The summed E-state index contributed by atoms with van der Waals surface area (Å²) in [4.78, 5) is 11.6. The molecule has 100 valence electrons. The van der Waals surface area contributed by atoms with Crippen LogP contribution in [-0.2, 0) is 4.74 Å². The number of rotatable bonds is 7. The third-order valence-corrected chi connectivity index (χ3v) is 2.90. The van der Waals surface area contributed by atoms with Crippen molar-refractivity contribution >= 4 is 5.97 Å². The summed E-state index contributed by atoms with van der Waals surface area (Å²) in [5.74, 6) is -0.372. The molecule has 0 amide bonds. The van der Waals surface area contributed by atoms with Crippen LogP contribution in [0.2, 0.25) is 0 Å². The minimum atomic E-state index is -0.555. The smallest absolute Gasteiger partial charge is 0.338 e. The molecule has 1 aromatic rings. The maximum absolute atomic E-state index is 11.6. The topological polar surface area (TPSA) is 66.8 Å². The van der Waals surface area contributed by atoms with Crippen molar-refractivity contribution in [2.45, 2.75) is 25.9 Å². The zero-order valence-electron chi connectivity index (χ0n) is 10.6. The Hall–Kier alpha value is -1.39. The summed E-state index contributed by atoms with van der Waals surface area (Å²) in [5.41, 5.74) is 0.510. The molecule has 0 aliphatic rings. The van der Waals surface area contributed by atoms with Crippen LogP contribution < -0.4 is 0 Å². The first-order chi connectivity index (χ1) is 8.65. The normalized spacial score (nSPS) is 13.9. The standard InChI is InChI=1S/C14H20O4/c1-11(7-9-15)13(16)8-10-18-14(17)12-5-3-2-4-6-12/h2-6,11,13,15-16H,7-10H2,1H3/t11-,13-/m1/s1. The Morgan fingerprint density at radius 1 is 1.28 bits per heavy atom. The Morgan fingerprint density at radius 2 is 1.94 bits per heavy atom. The van der Waals surface area contributed by atoms with E-state index in [0.29, 0.717) is 18.4 Å². The van der Waals surface area contributed by atoms with Crippen LogP contribution in [0.4, 0.5) is 0 Å². The molecule has 0 bridgehead atoms. The van der Waals surface area contributed by atoms with Crippen molar-refractivity contribution < 1.29 is 19.7 Å². The lowest BCUT2D eigenvalue weighted by Gasteiger charge is -2.17. The number of hydrogen-bond donors (Lipinski definition) is 2. The maximum atomic E-state index is 11.6. The molecular weight excluding hydrogens is 232 g/mol. The Kier molecular flexibility index (Phi) is 6.39. The Bertz CT molecular complexity index is 350. The zero-order chi connectivity index (χ0) is 13.4. The van der Waals surface area contributed by atoms with E-state index < -0.39 is 6.10 Å². The van der Waals surface area contributed by atoms with Gasteiger partial charge in [-0.2, -0.15) is 0 Å². The van der Waals surface area contributed by atoms with E-state index in [-0.39, 0.29) is 25.1 Å². The molecule has 0 saturated carbocycles. The number of ether oxygens (including phenoxy) is 1. The molecule has 0 aliphatic heterocycles. The van der Waals surface area contributed by atoms with Crippen molar-refractivity contribution in [1.82, 2.24) is 0 Å². The summed E-state index contributed by atoms with van der Waals surface area (Å²) in [6, 6.07) is 8.75. The third-order valence-electron chi connectivity index (χ3n) is 2.90. The van der Waals surface area contributed by atoms with Crippen molar-refractivity contribution in [1.29, 1.82) is 0 Å². The lowest BCUT2D eigenvalue weighted by molar-refractivity contribution is 0.0342. The highest BCUT2D eigenvalue weighted by Crippen LogP contribution is 2.11. The first-order valence-electron chi connectivity index (χ1n) is 6.16. The Balaban J connectivity index is 2.28. The summed E-state index contributed by atoms with van der Waals surface area (Å²) in [7, 11) is 0. The van der Waals surface area contributed by atoms with Crippen LogP contribution in [0.25, 0.3) is 0 Å². The van der Waals surface area contributed by atoms with Gasteiger partial charge in [0.05, 0.1) is 18.3 Å². The number of carbonyl (C=O) groups excluding carboxylic acids is 1. The number of aliphatic hydroxyl groups excluding tert-OH is 2. The van der Waals surface area contributed by atoms with Gasteiger partial charge in [-0.1, -0.05) is 25.1 Å². The van der Waals surface area contributed by atoms with Gasteiger partial charge in [-0.15, -0.1) is 0 Å². The molecule has 18 heavy (non-hydrogen) atoms. The molecule has 0 aromatic heterocycles. The van der Waals surface area contributed by atoms with E-state index in [1.165, 1.54) is 0 Å². The van der Waals surface area contributed by atoms with Crippen molar-refractivity contribution in [3.63, 3.8) is 0 Å². The van der Waals surface area contributed by atoms with E-state index in [2.05, 4.69) is 0 Å².